The first-order valence-corrected chi connectivity index (χ1v) is 6.16. The summed E-state index contributed by atoms with van der Waals surface area (Å²) in [5.74, 6) is -1.09. The average Bonchev–Trinajstić information content (AvgIpc) is 2.33. The molecule has 1 aromatic carbocycles. The lowest BCUT2D eigenvalue weighted by Crippen LogP contribution is -2.35. The molecule has 0 aliphatic carbocycles. The highest BCUT2D eigenvalue weighted by atomic mass is 19.4. The predicted molar refractivity (Wildman–Crippen MR) is 69.9 cm³/mol. The minimum absolute atomic E-state index is 0.136. The number of ether oxygens (including phenoxy) is 1. The summed E-state index contributed by atoms with van der Waals surface area (Å²) in [6, 6.07) is 4.46. The standard InChI is InChI=1S/C14H16F3NO3/c1-13(2,3)11(19)8-18-12(20)9-4-6-10(7-5-9)21-14(15,16)17/h4-7H,8H2,1-3H3,(H,18,20). The molecule has 0 heterocycles. The van der Waals surface area contributed by atoms with Crippen LogP contribution in [0.3, 0.4) is 0 Å². The Hall–Kier alpha value is -2.05. The number of hydrogen-bond acceptors (Lipinski definition) is 3. The van der Waals surface area contributed by atoms with Crippen LogP contribution in [0.5, 0.6) is 5.75 Å². The van der Waals surface area contributed by atoms with Crippen molar-refractivity contribution in [3.63, 3.8) is 0 Å². The second-order valence-electron chi connectivity index (χ2n) is 5.43. The first-order chi connectivity index (χ1) is 9.49. The molecule has 0 radical (unpaired) electrons. The first kappa shape index (κ1) is 17.0. The van der Waals surface area contributed by atoms with E-state index in [2.05, 4.69) is 10.1 Å². The number of benzene rings is 1. The van der Waals surface area contributed by atoms with E-state index < -0.39 is 23.4 Å². The molecule has 0 fully saturated rings. The van der Waals surface area contributed by atoms with Crippen LogP contribution in [0.15, 0.2) is 24.3 Å². The summed E-state index contributed by atoms with van der Waals surface area (Å²) >= 11 is 0. The second-order valence-corrected chi connectivity index (χ2v) is 5.43. The van der Waals surface area contributed by atoms with Crippen LogP contribution < -0.4 is 10.1 Å². The third-order valence-electron chi connectivity index (χ3n) is 2.60. The van der Waals surface area contributed by atoms with Gasteiger partial charge in [-0.2, -0.15) is 0 Å². The molecular formula is C14H16F3NO3. The lowest BCUT2D eigenvalue weighted by Gasteiger charge is -2.16. The number of Topliss-reactive ketones (excluding diaryl/α,β-unsaturated/α-hetero) is 1. The molecule has 0 bridgehead atoms. The average molecular weight is 303 g/mol. The van der Waals surface area contributed by atoms with Crippen LogP contribution in [-0.4, -0.2) is 24.6 Å². The maximum Gasteiger partial charge on any atom is 0.573 e. The molecule has 0 unspecified atom stereocenters. The fourth-order valence-corrected chi connectivity index (χ4v) is 1.34. The number of carbonyl (C=O) groups is 2. The van der Waals surface area contributed by atoms with E-state index in [1.807, 2.05) is 0 Å². The van der Waals surface area contributed by atoms with Gasteiger partial charge in [0.2, 0.25) is 0 Å². The molecule has 1 amide bonds. The van der Waals surface area contributed by atoms with Crippen LogP contribution >= 0.6 is 0 Å². The van der Waals surface area contributed by atoms with Crippen molar-refractivity contribution in [2.45, 2.75) is 27.1 Å². The highest BCUT2D eigenvalue weighted by Crippen LogP contribution is 2.22. The number of carbonyl (C=O) groups excluding carboxylic acids is 2. The van der Waals surface area contributed by atoms with Gasteiger partial charge < -0.3 is 10.1 Å². The highest BCUT2D eigenvalue weighted by molar-refractivity contribution is 5.97. The number of halogens is 3. The van der Waals surface area contributed by atoms with E-state index in [1.54, 1.807) is 20.8 Å². The number of alkyl halides is 3. The highest BCUT2D eigenvalue weighted by Gasteiger charge is 2.31. The van der Waals surface area contributed by atoms with Gasteiger partial charge in [0.05, 0.1) is 6.54 Å². The van der Waals surface area contributed by atoms with E-state index in [4.69, 9.17) is 0 Å². The van der Waals surface area contributed by atoms with Crippen molar-refractivity contribution in [3.8, 4) is 5.75 Å². The Morgan fingerprint density at radius 3 is 2.05 bits per heavy atom. The van der Waals surface area contributed by atoms with E-state index in [0.717, 1.165) is 12.1 Å². The van der Waals surface area contributed by atoms with Gasteiger partial charge in [-0.1, -0.05) is 20.8 Å². The van der Waals surface area contributed by atoms with Gasteiger partial charge in [-0.25, -0.2) is 0 Å². The van der Waals surface area contributed by atoms with Gasteiger partial charge in [0, 0.05) is 11.0 Å². The van der Waals surface area contributed by atoms with Crippen LogP contribution in [0.2, 0.25) is 0 Å². The minimum atomic E-state index is -4.77. The van der Waals surface area contributed by atoms with Gasteiger partial charge in [-0.05, 0) is 24.3 Å². The summed E-state index contributed by atoms with van der Waals surface area (Å²) in [7, 11) is 0. The van der Waals surface area contributed by atoms with Crippen molar-refractivity contribution in [2.75, 3.05) is 6.54 Å². The minimum Gasteiger partial charge on any atom is -0.406 e. The number of rotatable bonds is 4. The van der Waals surface area contributed by atoms with Crippen molar-refractivity contribution in [3.05, 3.63) is 29.8 Å². The van der Waals surface area contributed by atoms with E-state index in [9.17, 15) is 22.8 Å². The van der Waals surface area contributed by atoms with Crippen molar-refractivity contribution in [1.82, 2.24) is 5.32 Å². The molecule has 1 aromatic rings. The van der Waals surface area contributed by atoms with Gasteiger partial charge in [0.1, 0.15) is 5.75 Å². The Morgan fingerprint density at radius 1 is 1.10 bits per heavy atom. The van der Waals surface area contributed by atoms with E-state index >= 15 is 0 Å². The lowest BCUT2D eigenvalue weighted by molar-refractivity contribution is -0.274. The number of nitrogens with one attached hydrogen (secondary N) is 1. The van der Waals surface area contributed by atoms with Crippen molar-refractivity contribution < 1.29 is 27.5 Å². The SMILES string of the molecule is CC(C)(C)C(=O)CNC(=O)c1ccc(OC(F)(F)F)cc1. The summed E-state index contributed by atoms with van der Waals surface area (Å²) in [5.41, 5.74) is -0.427. The quantitative estimate of drug-likeness (QED) is 0.930. The third-order valence-corrected chi connectivity index (χ3v) is 2.60. The molecule has 1 rings (SSSR count). The van der Waals surface area contributed by atoms with E-state index in [0.29, 0.717) is 0 Å². The molecule has 0 aliphatic heterocycles. The monoisotopic (exact) mass is 303 g/mol. The fraction of sp³-hybridized carbons (Fsp3) is 0.429. The van der Waals surface area contributed by atoms with Crippen molar-refractivity contribution >= 4 is 11.7 Å². The summed E-state index contributed by atoms with van der Waals surface area (Å²) in [6.45, 7) is 5.05. The van der Waals surface area contributed by atoms with Gasteiger partial charge in [-0.15, -0.1) is 13.2 Å². The topological polar surface area (TPSA) is 55.4 Å². The molecule has 0 saturated heterocycles. The molecule has 0 aromatic heterocycles. The zero-order valence-electron chi connectivity index (χ0n) is 11.9. The number of ketones is 1. The van der Waals surface area contributed by atoms with Crippen LogP contribution in [-0.2, 0) is 4.79 Å². The molecule has 21 heavy (non-hydrogen) atoms. The summed E-state index contributed by atoms with van der Waals surface area (Å²) in [4.78, 5) is 23.4. The Morgan fingerprint density at radius 2 is 1.62 bits per heavy atom. The lowest BCUT2D eigenvalue weighted by atomic mass is 9.91. The smallest absolute Gasteiger partial charge is 0.406 e. The fourth-order valence-electron chi connectivity index (χ4n) is 1.34. The molecule has 0 saturated carbocycles. The molecule has 7 heteroatoms. The summed E-state index contributed by atoms with van der Waals surface area (Å²) in [5, 5.41) is 2.42. The van der Waals surface area contributed by atoms with Crippen LogP contribution in [0.25, 0.3) is 0 Å². The van der Waals surface area contributed by atoms with Crippen LogP contribution in [0.4, 0.5) is 13.2 Å². The van der Waals surface area contributed by atoms with Crippen LogP contribution in [0, 0.1) is 5.41 Å². The van der Waals surface area contributed by atoms with Crippen LogP contribution in [0.1, 0.15) is 31.1 Å². The Kier molecular flexibility index (Phi) is 4.98. The van der Waals surface area contributed by atoms with E-state index in [-0.39, 0.29) is 17.9 Å². The number of hydrogen-bond donors (Lipinski definition) is 1. The molecule has 4 nitrogen and oxygen atoms in total. The normalized spacial score (nSPS) is 11.9. The Balaban J connectivity index is 2.62. The summed E-state index contributed by atoms with van der Waals surface area (Å²) in [6.07, 6.45) is -4.77. The van der Waals surface area contributed by atoms with Gasteiger partial charge >= 0.3 is 6.36 Å². The largest absolute Gasteiger partial charge is 0.573 e. The molecule has 116 valence electrons. The maximum atomic E-state index is 12.0. The van der Waals surface area contributed by atoms with Gasteiger partial charge in [-0.3, -0.25) is 9.59 Å². The molecule has 0 aliphatic rings. The molecule has 0 atom stereocenters. The zero-order chi connectivity index (χ0) is 16.3. The third kappa shape index (κ3) is 5.85. The predicted octanol–water partition coefficient (Wildman–Crippen LogP) is 2.93. The van der Waals surface area contributed by atoms with Crippen molar-refractivity contribution in [2.24, 2.45) is 5.41 Å². The number of amides is 1. The molecule has 1 N–H and O–H groups in total. The molecular weight excluding hydrogens is 287 g/mol. The first-order valence-electron chi connectivity index (χ1n) is 6.16. The second kappa shape index (κ2) is 6.15. The Labute approximate surface area is 120 Å². The summed E-state index contributed by atoms with van der Waals surface area (Å²) < 4.78 is 39.6. The van der Waals surface area contributed by atoms with Crippen molar-refractivity contribution in [1.29, 1.82) is 0 Å². The van der Waals surface area contributed by atoms with Gasteiger partial charge in [0.15, 0.2) is 5.78 Å². The zero-order valence-corrected chi connectivity index (χ0v) is 11.9. The Bertz CT molecular complexity index is 516. The van der Waals surface area contributed by atoms with E-state index in [1.165, 1.54) is 12.1 Å². The molecule has 0 spiro atoms. The maximum absolute atomic E-state index is 12.0. The van der Waals surface area contributed by atoms with Gasteiger partial charge in [0.25, 0.3) is 5.91 Å².